The number of rotatable bonds is 4. The lowest BCUT2D eigenvalue weighted by atomic mass is 10.1. The molecule has 0 radical (unpaired) electrons. The van der Waals surface area contributed by atoms with Crippen LogP contribution in [0.2, 0.25) is 5.15 Å². The standard InChI is InChI=1S/C11H14ClNO2/c1-7(2)3-4-8-5-6-9(11(14)15)10(12)13-8/h5-7H,3-4H2,1-2H3,(H,14,15). The van der Waals surface area contributed by atoms with Crippen molar-refractivity contribution in [1.82, 2.24) is 4.98 Å². The van der Waals surface area contributed by atoms with Crippen LogP contribution in [-0.2, 0) is 6.42 Å². The second-order valence-electron chi connectivity index (χ2n) is 3.88. The maximum atomic E-state index is 10.7. The molecule has 1 aromatic heterocycles. The van der Waals surface area contributed by atoms with Gasteiger partial charge >= 0.3 is 5.97 Å². The Labute approximate surface area is 94.1 Å². The Hall–Kier alpha value is -1.09. The van der Waals surface area contributed by atoms with Crippen molar-refractivity contribution >= 4 is 17.6 Å². The Bertz CT molecular complexity index is 364. The summed E-state index contributed by atoms with van der Waals surface area (Å²) >= 11 is 5.75. The summed E-state index contributed by atoms with van der Waals surface area (Å²) in [6.07, 6.45) is 1.85. The van der Waals surface area contributed by atoms with Crippen molar-refractivity contribution < 1.29 is 9.90 Å². The monoisotopic (exact) mass is 227 g/mol. The minimum absolute atomic E-state index is 0.0602. The Morgan fingerprint density at radius 3 is 2.67 bits per heavy atom. The number of hydrogen-bond acceptors (Lipinski definition) is 2. The highest BCUT2D eigenvalue weighted by Gasteiger charge is 2.10. The zero-order valence-corrected chi connectivity index (χ0v) is 9.58. The number of aromatic carboxylic acids is 1. The van der Waals surface area contributed by atoms with Gasteiger partial charge in [0.15, 0.2) is 0 Å². The van der Waals surface area contributed by atoms with Gasteiger partial charge in [0.25, 0.3) is 0 Å². The highest BCUT2D eigenvalue weighted by atomic mass is 35.5. The number of pyridine rings is 1. The molecule has 0 aliphatic heterocycles. The van der Waals surface area contributed by atoms with E-state index in [4.69, 9.17) is 16.7 Å². The van der Waals surface area contributed by atoms with E-state index in [1.165, 1.54) is 6.07 Å². The zero-order chi connectivity index (χ0) is 11.4. The summed E-state index contributed by atoms with van der Waals surface area (Å²) in [5.41, 5.74) is 0.906. The van der Waals surface area contributed by atoms with Crippen LogP contribution in [0.4, 0.5) is 0 Å². The first-order chi connectivity index (χ1) is 7.00. The quantitative estimate of drug-likeness (QED) is 0.805. The minimum atomic E-state index is -1.04. The average Bonchev–Trinajstić information content (AvgIpc) is 2.14. The topological polar surface area (TPSA) is 50.2 Å². The third-order valence-corrected chi connectivity index (χ3v) is 2.40. The summed E-state index contributed by atoms with van der Waals surface area (Å²) in [5, 5.41) is 8.82. The van der Waals surface area contributed by atoms with Gasteiger partial charge < -0.3 is 5.11 Å². The van der Waals surface area contributed by atoms with Crippen molar-refractivity contribution in [2.45, 2.75) is 26.7 Å². The van der Waals surface area contributed by atoms with Gasteiger partial charge in [0, 0.05) is 5.69 Å². The summed E-state index contributed by atoms with van der Waals surface area (Å²) < 4.78 is 0. The van der Waals surface area contributed by atoms with Gasteiger partial charge in [-0.1, -0.05) is 25.4 Å². The fraction of sp³-hybridized carbons (Fsp3) is 0.455. The van der Waals surface area contributed by atoms with Crippen molar-refractivity contribution in [2.75, 3.05) is 0 Å². The number of aryl methyl sites for hydroxylation is 1. The van der Waals surface area contributed by atoms with Crippen LogP contribution in [0.5, 0.6) is 0 Å². The van der Waals surface area contributed by atoms with Gasteiger partial charge in [-0.15, -0.1) is 0 Å². The molecule has 15 heavy (non-hydrogen) atoms. The summed E-state index contributed by atoms with van der Waals surface area (Å²) in [7, 11) is 0. The largest absolute Gasteiger partial charge is 0.478 e. The van der Waals surface area contributed by atoms with E-state index in [2.05, 4.69) is 18.8 Å². The van der Waals surface area contributed by atoms with Crippen LogP contribution in [0.25, 0.3) is 0 Å². The molecule has 1 N–H and O–H groups in total. The van der Waals surface area contributed by atoms with E-state index < -0.39 is 5.97 Å². The lowest BCUT2D eigenvalue weighted by molar-refractivity contribution is 0.0696. The number of hydrogen-bond donors (Lipinski definition) is 1. The van der Waals surface area contributed by atoms with Gasteiger partial charge in [-0.2, -0.15) is 0 Å². The van der Waals surface area contributed by atoms with Crippen molar-refractivity contribution in [3.63, 3.8) is 0 Å². The molecule has 0 atom stereocenters. The molecule has 1 rings (SSSR count). The lowest BCUT2D eigenvalue weighted by Gasteiger charge is -2.05. The lowest BCUT2D eigenvalue weighted by Crippen LogP contribution is -2.02. The smallest absolute Gasteiger partial charge is 0.338 e. The summed E-state index contributed by atoms with van der Waals surface area (Å²) in [4.78, 5) is 14.7. The average molecular weight is 228 g/mol. The van der Waals surface area contributed by atoms with Gasteiger partial charge in [0.1, 0.15) is 5.15 Å². The predicted octanol–water partition coefficient (Wildman–Crippen LogP) is 3.02. The van der Waals surface area contributed by atoms with Crippen LogP contribution in [0.15, 0.2) is 12.1 Å². The third-order valence-electron chi connectivity index (χ3n) is 2.11. The van der Waals surface area contributed by atoms with E-state index in [9.17, 15) is 4.79 Å². The molecule has 0 aromatic carbocycles. The summed E-state index contributed by atoms with van der Waals surface area (Å²) in [6, 6.07) is 3.23. The Morgan fingerprint density at radius 2 is 2.20 bits per heavy atom. The van der Waals surface area contributed by atoms with Crippen molar-refractivity contribution in [3.05, 3.63) is 28.5 Å². The molecule has 0 aliphatic rings. The molecule has 82 valence electrons. The van der Waals surface area contributed by atoms with Gasteiger partial charge in [0.05, 0.1) is 5.56 Å². The van der Waals surface area contributed by atoms with Crippen LogP contribution in [-0.4, -0.2) is 16.1 Å². The first-order valence-electron chi connectivity index (χ1n) is 4.89. The van der Waals surface area contributed by atoms with Crippen molar-refractivity contribution in [1.29, 1.82) is 0 Å². The van der Waals surface area contributed by atoms with Crippen molar-refractivity contribution in [3.8, 4) is 0 Å². The molecule has 0 bridgehead atoms. The fourth-order valence-corrected chi connectivity index (χ4v) is 1.46. The summed E-state index contributed by atoms with van der Waals surface area (Å²) in [5.74, 6) is -0.437. The second kappa shape index (κ2) is 5.12. The fourth-order valence-electron chi connectivity index (χ4n) is 1.21. The molecule has 0 spiro atoms. The molecule has 3 nitrogen and oxygen atoms in total. The van der Waals surface area contributed by atoms with E-state index in [0.717, 1.165) is 18.5 Å². The molecule has 4 heteroatoms. The van der Waals surface area contributed by atoms with Gasteiger partial charge in [-0.05, 0) is 30.9 Å². The number of nitrogens with zero attached hydrogens (tertiary/aromatic N) is 1. The molecule has 0 saturated heterocycles. The van der Waals surface area contributed by atoms with Gasteiger partial charge in [0.2, 0.25) is 0 Å². The van der Waals surface area contributed by atoms with Crippen LogP contribution in [0.1, 0.15) is 36.3 Å². The van der Waals surface area contributed by atoms with E-state index in [-0.39, 0.29) is 10.7 Å². The Kier molecular flexibility index (Phi) is 4.09. The predicted molar refractivity (Wildman–Crippen MR) is 59.4 cm³/mol. The molecule has 0 unspecified atom stereocenters. The molecule has 0 aliphatic carbocycles. The van der Waals surface area contributed by atoms with E-state index >= 15 is 0 Å². The van der Waals surface area contributed by atoms with Crippen LogP contribution < -0.4 is 0 Å². The highest BCUT2D eigenvalue weighted by molar-refractivity contribution is 6.32. The molecule has 0 fully saturated rings. The Morgan fingerprint density at radius 1 is 1.53 bits per heavy atom. The normalized spacial score (nSPS) is 10.7. The first-order valence-corrected chi connectivity index (χ1v) is 5.27. The Balaban J connectivity index is 2.78. The second-order valence-corrected chi connectivity index (χ2v) is 4.24. The molecule has 0 saturated carbocycles. The van der Waals surface area contributed by atoms with Crippen LogP contribution in [0.3, 0.4) is 0 Å². The third kappa shape index (κ3) is 3.51. The molecular formula is C11H14ClNO2. The maximum absolute atomic E-state index is 10.7. The minimum Gasteiger partial charge on any atom is -0.478 e. The van der Waals surface area contributed by atoms with E-state index in [1.807, 2.05) is 0 Å². The van der Waals surface area contributed by atoms with Gasteiger partial charge in [-0.25, -0.2) is 9.78 Å². The number of carbonyl (C=O) groups is 1. The van der Waals surface area contributed by atoms with Crippen LogP contribution >= 0.6 is 11.6 Å². The molecule has 1 aromatic rings. The number of carboxylic acid groups (broad SMARTS) is 1. The number of carboxylic acids is 1. The first kappa shape index (κ1) is 12.0. The summed E-state index contributed by atoms with van der Waals surface area (Å²) in [6.45, 7) is 4.26. The zero-order valence-electron chi connectivity index (χ0n) is 8.83. The number of halogens is 1. The van der Waals surface area contributed by atoms with Gasteiger partial charge in [-0.3, -0.25) is 0 Å². The SMILES string of the molecule is CC(C)CCc1ccc(C(=O)O)c(Cl)n1. The molecule has 0 amide bonds. The maximum Gasteiger partial charge on any atom is 0.338 e. The van der Waals surface area contributed by atoms with Crippen LogP contribution in [0, 0.1) is 5.92 Å². The van der Waals surface area contributed by atoms with E-state index in [0.29, 0.717) is 5.92 Å². The van der Waals surface area contributed by atoms with Crippen molar-refractivity contribution in [2.24, 2.45) is 5.92 Å². The van der Waals surface area contributed by atoms with E-state index in [1.54, 1.807) is 6.07 Å². The molecular weight excluding hydrogens is 214 g/mol. The molecule has 1 heterocycles. The highest BCUT2D eigenvalue weighted by Crippen LogP contribution is 2.15. The number of aromatic nitrogens is 1.